The van der Waals surface area contributed by atoms with Crippen LogP contribution in [0.25, 0.3) is 0 Å². The number of benzene rings is 1. The third-order valence-electron chi connectivity index (χ3n) is 5.19. The number of likely N-dealkylation sites (N-methyl/N-ethyl adjacent to an activating group) is 1. The van der Waals surface area contributed by atoms with Crippen LogP contribution in [0.4, 0.5) is 29.5 Å². The summed E-state index contributed by atoms with van der Waals surface area (Å²) in [5, 5.41) is 2.60. The molecule has 2 aliphatic heterocycles. The second-order valence-electron chi connectivity index (χ2n) is 7.13. The molecule has 4 rings (SSSR count). The number of thiazole rings is 1. The molecule has 1 atom stereocenters. The van der Waals surface area contributed by atoms with Crippen molar-refractivity contribution in [3.63, 3.8) is 0 Å². The number of piperazine rings is 1. The highest BCUT2D eigenvalue weighted by atomic mass is 32.1. The summed E-state index contributed by atoms with van der Waals surface area (Å²) in [5.74, 6) is 0.486. The van der Waals surface area contributed by atoms with Gasteiger partial charge in [0.2, 0.25) is 5.01 Å². The van der Waals surface area contributed by atoms with E-state index in [1.54, 1.807) is 7.11 Å². The first-order chi connectivity index (χ1) is 13.9. The molecule has 1 fully saturated rings. The second-order valence-corrected chi connectivity index (χ2v) is 8.13. The molecule has 0 bridgehead atoms. The Labute approximate surface area is 171 Å². The molecule has 6 nitrogen and oxygen atoms in total. The van der Waals surface area contributed by atoms with Gasteiger partial charge in [-0.1, -0.05) is 23.5 Å². The fraction of sp³-hybridized carbons (Fsp3) is 0.474. The van der Waals surface area contributed by atoms with Crippen LogP contribution in [0.3, 0.4) is 0 Å². The molecule has 29 heavy (non-hydrogen) atoms. The number of fused-ring (bicyclic) bond motifs is 2. The van der Waals surface area contributed by atoms with E-state index in [1.807, 2.05) is 29.2 Å². The number of nitrogens with zero attached hydrogens (tertiary/aromatic N) is 4. The number of hydrogen-bond donors (Lipinski definition) is 1. The van der Waals surface area contributed by atoms with Crippen LogP contribution >= 0.6 is 11.3 Å². The summed E-state index contributed by atoms with van der Waals surface area (Å²) in [6.45, 7) is 2.73. The molecule has 0 saturated carbocycles. The van der Waals surface area contributed by atoms with Gasteiger partial charge in [0.05, 0.1) is 11.4 Å². The highest BCUT2D eigenvalue weighted by Crippen LogP contribution is 2.42. The smallest absolute Gasteiger partial charge is 0.385 e. The number of halogens is 3. The maximum Gasteiger partial charge on any atom is 0.443 e. The van der Waals surface area contributed by atoms with E-state index in [1.165, 1.54) is 0 Å². The first kappa shape index (κ1) is 20.1. The van der Waals surface area contributed by atoms with Gasteiger partial charge in [0, 0.05) is 39.4 Å². The third-order valence-corrected chi connectivity index (χ3v) is 6.21. The Balaban J connectivity index is 1.74. The SMILES string of the molecule is COCC[C@H]1CN(C2=Nc3ccccc3Nc3sc(C(F)(F)F)nc32)CCN1C. The van der Waals surface area contributed by atoms with Crippen LogP contribution in [0.5, 0.6) is 0 Å². The van der Waals surface area contributed by atoms with Gasteiger partial charge in [0.25, 0.3) is 0 Å². The minimum Gasteiger partial charge on any atom is -0.385 e. The number of amidine groups is 1. The molecule has 0 spiro atoms. The van der Waals surface area contributed by atoms with Crippen molar-refractivity contribution in [2.75, 3.05) is 45.7 Å². The van der Waals surface area contributed by atoms with Crippen molar-refractivity contribution in [1.82, 2.24) is 14.8 Å². The zero-order valence-electron chi connectivity index (χ0n) is 16.2. The molecule has 0 radical (unpaired) electrons. The van der Waals surface area contributed by atoms with Gasteiger partial charge in [-0.2, -0.15) is 13.2 Å². The van der Waals surface area contributed by atoms with Gasteiger partial charge in [0.15, 0.2) is 5.84 Å². The Morgan fingerprint density at radius 3 is 2.83 bits per heavy atom. The molecule has 156 valence electrons. The molecule has 10 heteroatoms. The molecule has 0 aliphatic carbocycles. The summed E-state index contributed by atoms with van der Waals surface area (Å²) in [4.78, 5) is 13.0. The van der Waals surface area contributed by atoms with Crippen LogP contribution in [-0.4, -0.2) is 67.1 Å². The van der Waals surface area contributed by atoms with Crippen molar-refractivity contribution < 1.29 is 17.9 Å². The number of alkyl halides is 3. The van der Waals surface area contributed by atoms with Crippen molar-refractivity contribution in [1.29, 1.82) is 0 Å². The van der Waals surface area contributed by atoms with E-state index in [9.17, 15) is 13.2 Å². The van der Waals surface area contributed by atoms with Crippen molar-refractivity contribution in [2.45, 2.75) is 18.6 Å². The van der Waals surface area contributed by atoms with Crippen LogP contribution in [-0.2, 0) is 10.9 Å². The van der Waals surface area contributed by atoms with Gasteiger partial charge in [-0.25, -0.2) is 9.98 Å². The molecule has 3 heterocycles. The fourth-order valence-corrected chi connectivity index (χ4v) is 4.41. The predicted octanol–water partition coefficient (Wildman–Crippen LogP) is 3.95. The summed E-state index contributed by atoms with van der Waals surface area (Å²) in [7, 11) is 3.72. The first-order valence-corrected chi connectivity index (χ1v) is 10.2. The van der Waals surface area contributed by atoms with Gasteiger partial charge >= 0.3 is 6.18 Å². The Morgan fingerprint density at radius 2 is 2.07 bits per heavy atom. The largest absolute Gasteiger partial charge is 0.443 e. The van der Waals surface area contributed by atoms with Crippen molar-refractivity contribution in [2.24, 2.45) is 4.99 Å². The standard InChI is InChI=1S/C19H22F3N5OS/c1-26-8-9-27(11-12(26)7-10-28-2)16-15-17(29-18(25-15)19(20,21)22)24-14-6-4-3-5-13(14)23-16/h3-6,12,24H,7-11H2,1-2H3/t12-/m0/s1. The molecule has 1 N–H and O–H groups in total. The van der Waals surface area contributed by atoms with E-state index in [0.29, 0.717) is 53.2 Å². The van der Waals surface area contributed by atoms with E-state index in [-0.39, 0.29) is 11.7 Å². The first-order valence-electron chi connectivity index (χ1n) is 9.34. The van der Waals surface area contributed by atoms with E-state index in [2.05, 4.69) is 22.2 Å². The number of rotatable bonds is 3. The number of aromatic nitrogens is 1. The monoisotopic (exact) mass is 425 g/mol. The normalized spacial score (nSPS) is 19.8. The number of nitrogens with one attached hydrogen (secondary N) is 1. The number of methoxy groups -OCH3 is 1. The lowest BCUT2D eigenvalue weighted by atomic mass is 10.1. The van der Waals surface area contributed by atoms with Crippen LogP contribution in [0.1, 0.15) is 17.1 Å². The Hall–Kier alpha value is -2.17. The maximum absolute atomic E-state index is 13.3. The average Bonchev–Trinajstić information content (AvgIpc) is 3.04. The van der Waals surface area contributed by atoms with Crippen LogP contribution < -0.4 is 5.32 Å². The fourth-order valence-electron chi connectivity index (χ4n) is 3.57. The summed E-state index contributed by atoms with van der Waals surface area (Å²) >= 11 is 0.617. The zero-order chi connectivity index (χ0) is 20.6. The van der Waals surface area contributed by atoms with Crippen molar-refractivity contribution in [3.8, 4) is 0 Å². The highest BCUT2D eigenvalue weighted by Gasteiger charge is 2.39. The average molecular weight is 425 g/mol. The topological polar surface area (TPSA) is 53.0 Å². The van der Waals surface area contributed by atoms with Gasteiger partial charge < -0.3 is 15.0 Å². The van der Waals surface area contributed by atoms with E-state index < -0.39 is 11.2 Å². The second kappa shape index (κ2) is 7.92. The summed E-state index contributed by atoms with van der Waals surface area (Å²) in [6.07, 6.45) is -3.66. The van der Waals surface area contributed by atoms with Crippen LogP contribution in [0.2, 0.25) is 0 Å². The maximum atomic E-state index is 13.3. The lowest BCUT2D eigenvalue weighted by Gasteiger charge is -2.40. The minimum absolute atomic E-state index is 0.224. The number of ether oxygens (including phenoxy) is 1. The van der Waals surface area contributed by atoms with E-state index in [0.717, 1.165) is 13.0 Å². The summed E-state index contributed by atoms with van der Waals surface area (Å²) < 4.78 is 45.2. The molecule has 2 aliphatic rings. The van der Waals surface area contributed by atoms with E-state index in [4.69, 9.17) is 9.73 Å². The van der Waals surface area contributed by atoms with Gasteiger partial charge in [0.1, 0.15) is 10.7 Å². The van der Waals surface area contributed by atoms with Crippen LogP contribution in [0, 0.1) is 0 Å². The lowest BCUT2D eigenvalue weighted by Crippen LogP contribution is -2.53. The van der Waals surface area contributed by atoms with Gasteiger partial charge in [-0.05, 0) is 25.6 Å². The molecule has 1 aromatic carbocycles. The number of para-hydroxylation sites is 2. The van der Waals surface area contributed by atoms with Crippen molar-refractivity contribution in [3.05, 3.63) is 35.0 Å². The molecule has 0 unspecified atom stereocenters. The van der Waals surface area contributed by atoms with Gasteiger partial charge in [-0.15, -0.1) is 0 Å². The molecule has 1 saturated heterocycles. The summed E-state index contributed by atoms with van der Waals surface area (Å²) in [5.41, 5.74) is 1.62. The molecular weight excluding hydrogens is 403 g/mol. The third kappa shape index (κ3) is 4.10. The number of aliphatic imine (C=N–C) groups is 1. The summed E-state index contributed by atoms with van der Waals surface area (Å²) in [6, 6.07) is 7.57. The van der Waals surface area contributed by atoms with Crippen molar-refractivity contribution >= 4 is 33.5 Å². The molecular formula is C19H22F3N5OS. The Morgan fingerprint density at radius 1 is 1.28 bits per heavy atom. The minimum atomic E-state index is -4.49. The lowest BCUT2D eigenvalue weighted by molar-refractivity contribution is -0.137. The van der Waals surface area contributed by atoms with E-state index >= 15 is 0 Å². The number of anilines is 2. The molecule has 2 aromatic rings. The molecule has 0 amide bonds. The Kier molecular flexibility index (Phi) is 5.50. The highest BCUT2D eigenvalue weighted by molar-refractivity contribution is 7.16. The zero-order valence-corrected chi connectivity index (χ0v) is 17.0. The Bertz CT molecular complexity index is 913. The molecule has 1 aromatic heterocycles. The van der Waals surface area contributed by atoms with Gasteiger partial charge in [-0.3, -0.25) is 4.90 Å². The quantitative estimate of drug-likeness (QED) is 0.807. The number of hydrogen-bond acceptors (Lipinski definition) is 7. The predicted molar refractivity (Wildman–Crippen MR) is 108 cm³/mol. The van der Waals surface area contributed by atoms with Crippen LogP contribution in [0.15, 0.2) is 29.3 Å².